The van der Waals surface area contributed by atoms with Crippen LogP contribution in [0.1, 0.15) is 36.7 Å². The zero-order chi connectivity index (χ0) is 19.0. The first kappa shape index (κ1) is 17.0. The maximum Gasteiger partial charge on any atom is 0.225 e. The number of rotatable bonds is 3. The zero-order valence-electron chi connectivity index (χ0n) is 14.4. The average Bonchev–Trinajstić information content (AvgIpc) is 3.01. The molecule has 6 rings (SSSR count). The third-order valence-corrected chi connectivity index (χ3v) is 6.01. The highest BCUT2D eigenvalue weighted by atomic mass is 35.5. The minimum absolute atomic E-state index is 0.00345. The van der Waals surface area contributed by atoms with Gasteiger partial charge >= 0.3 is 0 Å². The van der Waals surface area contributed by atoms with Crippen LogP contribution in [0.3, 0.4) is 0 Å². The summed E-state index contributed by atoms with van der Waals surface area (Å²) in [5.74, 6) is 0.515. The Morgan fingerprint density at radius 2 is 2.04 bits per heavy atom. The minimum Gasteiger partial charge on any atom is -0.386 e. The molecule has 5 atom stereocenters. The van der Waals surface area contributed by atoms with Crippen LogP contribution in [0.15, 0.2) is 12.5 Å². The molecule has 2 unspecified atom stereocenters. The van der Waals surface area contributed by atoms with E-state index in [2.05, 4.69) is 25.3 Å². The van der Waals surface area contributed by atoms with E-state index >= 15 is 0 Å². The predicted molar refractivity (Wildman–Crippen MR) is 96.0 cm³/mol. The summed E-state index contributed by atoms with van der Waals surface area (Å²) in [5.41, 5.74) is 1.78. The number of hydrogen-bond donors (Lipinski definition) is 1. The van der Waals surface area contributed by atoms with Crippen LogP contribution in [0.2, 0.25) is 10.4 Å². The van der Waals surface area contributed by atoms with Crippen molar-refractivity contribution in [3.05, 3.63) is 28.7 Å². The summed E-state index contributed by atoms with van der Waals surface area (Å²) in [7, 11) is 0. The Morgan fingerprint density at radius 3 is 2.86 bits per heavy atom. The summed E-state index contributed by atoms with van der Waals surface area (Å²) in [4.78, 5) is 12.3. The molecule has 1 aliphatic carbocycles. The lowest BCUT2D eigenvalue weighted by molar-refractivity contribution is -0.0589. The highest BCUT2D eigenvalue weighted by molar-refractivity contribution is 6.35. The van der Waals surface area contributed by atoms with Crippen LogP contribution in [-0.2, 0) is 9.47 Å². The number of fused-ring (bicyclic) bond motifs is 2. The molecule has 5 heterocycles. The van der Waals surface area contributed by atoms with Crippen molar-refractivity contribution in [2.24, 2.45) is 0 Å². The van der Waals surface area contributed by atoms with Gasteiger partial charge in [-0.2, -0.15) is 4.98 Å². The van der Waals surface area contributed by atoms with Gasteiger partial charge in [-0.15, -0.1) is 5.10 Å². The average molecular weight is 424 g/mol. The topological polar surface area (TPSA) is 113 Å². The van der Waals surface area contributed by atoms with Gasteiger partial charge in [0.25, 0.3) is 0 Å². The molecule has 3 fully saturated rings. The molecule has 10 nitrogen and oxygen atoms in total. The van der Waals surface area contributed by atoms with E-state index in [1.807, 2.05) is 6.20 Å². The molecule has 3 aliphatic rings. The van der Waals surface area contributed by atoms with E-state index < -0.39 is 18.4 Å². The lowest BCUT2D eigenvalue weighted by Gasteiger charge is -2.20. The van der Waals surface area contributed by atoms with Crippen LogP contribution in [0.4, 0.5) is 0 Å². The van der Waals surface area contributed by atoms with Crippen molar-refractivity contribution in [3.63, 3.8) is 0 Å². The molecular formula is C16H15Cl2N7O3. The predicted octanol–water partition coefficient (Wildman–Crippen LogP) is 1.50. The first-order chi connectivity index (χ1) is 13.6. The van der Waals surface area contributed by atoms with Gasteiger partial charge in [-0.1, -0.05) is 16.8 Å². The molecule has 0 spiro atoms. The fraction of sp³-hybridized carbons (Fsp3) is 0.562. The molecule has 28 heavy (non-hydrogen) atoms. The summed E-state index contributed by atoms with van der Waals surface area (Å²) in [6.45, 7) is 0.400. The third-order valence-electron chi connectivity index (χ3n) is 5.58. The molecule has 0 amide bonds. The number of aliphatic hydroxyl groups excluding tert-OH is 1. The molecule has 2 saturated heterocycles. The van der Waals surface area contributed by atoms with Crippen LogP contribution in [0, 0.1) is 0 Å². The van der Waals surface area contributed by atoms with Gasteiger partial charge in [0.15, 0.2) is 17.0 Å². The second-order valence-electron chi connectivity index (χ2n) is 7.35. The quantitative estimate of drug-likeness (QED) is 0.497. The van der Waals surface area contributed by atoms with Crippen LogP contribution in [-0.4, -0.2) is 64.5 Å². The Hall–Kier alpha value is -1.85. The maximum absolute atomic E-state index is 10.8. The molecule has 1 saturated carbocycles. The second kappa shape index (κ2) is 6.07. The molecule has 146 valence electrons. The van der Waals surface area contributed by atoms with Crippen molar-refractivity contribution < 1.29 is 14.6 Å². The van der Waals surface area contributed by atoms with Crippen LogP contribution >= 0.6 is 23.2 Å². The molecular weight excluding hydrogens is 409 g/mol. The summed E-state index contributed by atoms with van der Waals surface area (Å²) in [6.07, 6.45) is 3.26. The van der Waals surface area contributed by atoms with Gasteiger partial charge < -0.3 is 14.6 Å². The van der Waals surface area contributed by atoms with Gasteiger partial charge in [-0.3, -0.25) is 4.57 Å². The number of halogens is 2. The van der Waals surface area contributed by atoms with E-state index in [-0.39, 0.29) is 22.6 Å². The highest BCUT2D eigenvalue weighted by Gasteiger charge is 2.54. The van der Waals surface area contributed by atoms with Gasteiger partial charge in [0.1, 0.15) is 29.9 Å². The van der Waals surface area contributed by atoms with E-state index in [0.717, 1.165) is 18.5 Å². The molecule has 0 radical (unpaired) electrons. The van der Waals surface area contributed by atoms with E-state index in [9.17, 15) is 5.11 Å². The van der Waals surface area contributed by atoms with Crippen molar-refractivity contribution in [1.29, 1.82) is 0 Å². The lowest BCUT2D eigenvalue weighted by atomic mass is 10.1. The van der Waals surface area contributed by atoms with Crippen molar-refractivity contribution in [2.45, 2.75) is 49.3 Å². The SMILES string of the molecule is O[C@@H]1C2OC[C@H](n3cc(C4CC4)nn3)C2O[C@H]1n1cnc2c(Cl)nc(Cl)nc21. The largest absolute Gasteiger partial charge is 0.386 e. The summed E-state index contributed by atoms with van der Waals surface area (Å²) in [6, 6.07) is -0.166. The number of aromatic nitrogens is 7. The number of imidazole rings is 1. The van der Waals surface area contributed by atoms with Crippen LogP contribution in [0.25, 0.3) is 11.2 Å². The first-order valence-corrected chi connectivity index (χ1v) is 9.78. The fourth-order valence-electron chi connectivity index (χ4n) is 4.00. The number of nitrogens with zero attached hydrogens (tertiary/aromatic N) is 7. The van der Waals surface area contributed by atoms with Crippen molar-refractivity contribution in [2.75, 3.05) is 6.61 Å². The molecule has 12 heteroatoms. The minimum atomic E-state index is -0.911. The molecule has 0 aromatic carbocycles. The Kier molecular flexibility index (Phi) is 3.70. The Morgan fingerprint density at radius 1 is 1.18 bits per heavy atom. The molecule has 2 aliphatic heterocycles. The summed E-state index contributed by atoms with van der Waals surface area (Å²) in [5, 5.41) is 19.5. The lowest BCUT2D eigenvalue weighted by Crippen LogP contribution is -2.31. The van der Waals surface area contributed by atoms with Gasteiger partial charge in [0, 0.05) is 12.1 Å². The number of aliphatic hydroxyl groups is 1. The van der Waals surface area contributed by atoms with Gasteiger partial charge in [-0.05, 0) is 24.4 Å². The Labute approximate surface area is 168 Å². The normalized spacial score (nSPS) is 32.3. The standard InChI is InChI=1S/C16H15Cl2N7O3/c17-13-9-14(21-16(18)20-13)24(5-19-9)15-10(26)12-11(28-15)8(4-27-12)25-3-7(22-23-25)6-1-2-6/h3,5-6,8,10-12,15,26H,1-2,4H2/t8-,10+,11?,12?,15+/m0/s1. The maximum atomic E-state index is 10.8. The first-order valence-electron chi connectivity index (χ1n) is 9.02. The van der Waals surface area contributed by atoms with Gasteiger partial charge in [0.2, 0.25) is 5.28 Å². The van der Waals surface area contributed by atoms with Crippen molar-refractivity contribution >= 4 is 34.4 Å². The monoisotopic (exact) mass is 423 g/mol. The van der Waals surface area contributed by atoms with E-state index in [1.165, 1.54) is 6.33 Å². The van der Waals surface area contributed by atoms with E-state index in [4.69, 9.17) is 32.7 Å². The Bertz CT molecular complexity index is 1070. The fourth-order valence-corrected chi connectivity index (χ4v) is 4.42. The molecule has 3 aromatic heterocycles. The second-order valence-corrected chi connectivity index (χ2v) is 8.05. The van der Waals surface area contributed by atoms with Crippen molar-refractivity contribution in [1.82, 2.24) is 34.5 Å². The van der Waals surface area contributed by atoms with E-state index in [0.29, 0.717) is 23.7 Å². The summed E-state index contributed by atoms with van der Waals surface area (Å²) < 4.78 is 15.4. The van der Waals surface area contributed by atoms with Gasteiger partial charge in [0.05, 0.1) is 18.6 Å². The van der Waals surface area contributed by atoms with E-state index in [1.54, 1.807) is 9.25 Å². The van der Waals surface area contributed by atoms with Gasteiger partial charge in [-0.25, -0.2) is 14.6 Å². The summed E-state index contributed by atoms with van der Waals surface area (Å²) >= 11 is 12.0. The van der Waals surface area contributed by atoms with Crippen LogP contribution in [0.5, 0.6) is 0 Å². The number of hydrogen-bond acceptors (Lipinski definition) is 8. The Balaban J connectivity index is 1.32. The van der Waals surface area contributed by atoms with Crippen LogP contribution < -0.4 is 0 Å². The zero-order valence-corrected chi connectivity index (χ0v) is 15.9. The highest BCUT2D eigenvalue weighted by Crippen LogP contribution is 2.43. The smallest absolute Gasteiger partial charge is 0.225 e. The molecule has 0 bridgehead atoms. The molecule has 3 aromatic rings. The third kappa shape index (κ3) is 2.49. The van der Waals surface area contributed by atoms with Crippen molar-refractivity contribution in [3.8, 4) is 0 Å². The molecule has 1 N–H and O–H groups in total. The number of ether oxygens (including phenoxy) is 2.